The zero-order chi connectivity index (χ0) is 21.2. The lowest BCUT2D eigenvalue weighted by Crippen LogP contribution is -2.47. The Bertz CT molecular complexity index is 1120. The Kier molecular flexibility index (Phi) is 5.76. The van der Waals surface area contributed by atoms with Crippen molar-refractivity contribution in [2.24, 2.45) is 5.92 Å². The second-order valence-corrected chi connectivity index (χ2v) is 9.10. The van der Waals surface area contributed by atoms with Crippen molar-refractivity contribution < 1.29 is 9.21 Å². The van der Waals surface area contributed by atoms with Gasteiger partial charge in [-0.25, -0.2) is 4.98 Å². The average molecular weight is 423 g/mol. The molecule has 0 spiro atoms. The summed E-state index contributed by atoms with van der Waals surface area (Å²) in [4.78, 5) is 32.3. The smallest absolute Gasteiger partial charge is 0.297 e. The van der Waals surface area contributed by atoms with Crippen LogP contribution in [-0.2, 0) is 11.3 Å². The highest BCUT2D eigenvalue weighted by Crippen LogP contribution is 2.26. The summed E-state index contributed by atoms with van der Waals surface area (Å²) in [5, 5.41) is 3.92. The Hall–Kier alpha value is -2.67. The number of likely N-dealkylation sites (tertiary alicyclic amines) is 1. The molecule has 3 heterocycles. The lowest BCUT2D eigenvalue weighted by atomic mass is 9.88. The molecule has 1 saturated carbocycles. The van der Waals surface area contributed by atoms with E-state index in [0.29, 0.717) is 11.1 Å². The van der Waals surface area contributed by atoms with Gasteiger partial charge in [-0.1, -0.05) is 31.4 Å². The molecule has 0 unspecified atom stereocenters. The molecule has 1 aliphatic carbocycles. The molecule has 3 aromatic rings. The van der Waals surface area contributed by atoms with E-state index in [0.717, 1.165) is 37.2 Å². The Balaban J connectivity index is 1.17. The fourth-order valence-electron chi connectivity index (χ4n) is 5.15. The van der Waals surface area contributed by atoms with Gasteiger partial charge in [-0.15, -0.1) is 0 Å². The van der Waals surface area contributed by atoms with Crippen LogP contribution in [0.2, 0.25) is 0 Å². The minimum Gasteiger partial charge on any atom is -0.448 e. The summed E-state index contributed by atoms with van der Waals surface area (Å²) >= 11 is 0. The normalized spacial score (nSPS) is 19.2. The van der Waals surface area contributed by atoms with Gasteiger partial charge in [0, 0.05) is 31.1 Å². The van der Waals surface area contributed by atoms with E-state index in [1.807, 2.05) is 24.3 Å². The van der Waals surface area contributed by atoms with E-state index in [4.69, 9.17) is 4.42 Å². The van der Waals surface area contributed by atoms with Crippen molar-refractivity contribution in [3.63, 3.8) is 0 Å². The number of carbonyl (C=O) groups is 1. The molecule has 1 aliphatic heterocycles. The summed E-state index contributed by atoms with van der Waals surface area (Å²) in [5.74, 6) is 0.706. The SMILES string of the molecule is O=C(Cn1cnc2c(oc3ccccc32)c1=O)NC1CCN(CC2CCCCC2)CC1. The van der Waals surface area contributed by atoms with Gasteiger partial charge in [0.2, 0.25) is 11.5 Å². The van der Waals surface area contributed by atoms with E-state index in [9.17, 15) is 9.59 Å². The van der Waals surface area contributed by atoms with Gasteiger partial charge in [-0.2, -0.15) is 0 Å². The number of hydrogen-bond donors (Lipinski definition) is 1. The van der Waals surface area contributed by atoms with Crippen LogP contribution in [0.4, 0.5) is 0 Å². The molecular formula is C24H30N4O3. The van der Waals surface area contributed by atoms with Gasteiger partial charge in [0.05, 0.1) is 6.33 Å². The minimum atomic E-state index is -0.321. The van der Waals surface area contributed by atoms with Crippen molar-refractivity contribution >= 4 is 28.0 Å². The quantitative estimate of drug-likeness (QED) is 0.682. The number of amides is 1. The lowest BCUT2D eigenvalue weighted by Gasteiger charge is -2.35. The Morgan fingerprint density at radius 1 is 1.10 bits per heavy atom. The van der Waals surface area contributed by atoms with Crippen LogP contribution in [0.15, 0.2) is 39.8 Å². The summed E-state index contributed by atoms with van der Waals surface area (Å²) in [5.41, 5.74) is 1.05. The molecule has 31 heavy (non-hydrogen) atoms. The van der Waals surface area contributed by atoms with E-state index in [1.54, 1.807) is 0 Å². The van der Waals surface area contributed by atoms with Crippen LogP contribution in [0.25, 0.3) is 22.1 Å². The van der Waals surface area contributed by atoms with Crippen LogP contribution in [0, 0.1) is 5.92 Å². The average Bonchev–Trinajstić information content (AvgIpc) is 3.17. The first kappa shape index (κ1) is 20.2. The van der Waals surface area contributed by atoms with Crippen LogP contribution in [0.1, 0.15) is 44.9 Å². The first-order valence-corrected chi connectivity index (χ1v) is 11.6. The van der Waals surface area contributed by atoms with Crippen molar-refractivity contribution in [2.45, 2.75) is 57.5 Å². The molecule has 1 saturated heterocycles. The predicted octanol–water partition coefficient (Wildman–Crippen LogP) is 3.30. The molecule has 5 rings (SSSR count). The van der Waals surface area contributed by atoms with Gasteiger partial charge >= 0.3 is 0 Å². The maximum absolute atomic E-state index is 12.8. The molecule has 2 aromatic heterocycles. The monoisotopic (exact) mass is 422 g/mol. The van der Waals surface area contributed by atoms with Gasteiger partial charge in [-0.3, -0.25) is 14.2 Å². The number of benzene rings is 1. The maximum Gasteiger partial charge on any atom is 0.297 e. The second kappa shape index (κ2) is 8.83. The van der Waals surface area contributed by atoms with Gasteiger partial charge in [0.1, 0.15) is 17.6 Å². The molecule has 2 aliphatic rings. The molecule has 1 amide bonds. The first-order valence-electron chi connectivity index (χ1n) is 11.6. The summed E-state index contributed by atoms with van der Waals surface area (Å²) in [6.07, 6.45) is 10.3. The fraction of sp³-hybridized carbons (Fsp3) is 0.542. The van der Waals surface area contributed by atoms with E-state index in [1.165, 1.54) is 49.5 Å². The van der Waals surface area contributed by atoms with Crippen LogP contribution < -0.4 is 10.9 Å². The van der Waals surface area contributed by atoms with E-state index in [-0.39, 0.29) is 29.6 Å². The highest BCUT2D eigenvalue weighted by Gasteiger charge is 2.24. The van der Waals surface area contributed by atoms with Crippen molar-refractivity contribution in [1.82, 2.24) is 19.8 Å². The summed E-state index contributed by atoms with van der Waals surface area (Å²) in [6, 6.07) is 7.61. The predicted molar refractivity (Wildman–Crippen MR) is 120 cm³/mol. The van der Waals surface area contributed by atoms with Gasteiger partial charge in [0.15, 0.2) is 0 Å². The second-order valence-electron chi connectivity index (χ2n) is 9.10. The number of furan rings is 1. The number of aromatic nitrogens is 2. The number of nitrogens with one attached hydrogen (secondary N) is 1. The number of piperidine rings is 1. The summed E-state index contributed by atoms with van der Waals surface area (Å²) < 4.78 is 7.03. The number of hydrogen-bond acceptors (Lipinski definition) is 5. The largest absolute Gasteiger partial charge is 0.448 e. The minimum absolute atomic E-state index is 0.0406. The van der Waals surface area contributed by atoms with Crippen molar-refractivity contribution in [3.8, 4) is 0 Å². The number of nitrogens with zero attached hydrogens (tertiary/aromatic N) is 3. The third kappa shape index (κ3) is 4.37. The third-order valence-electron chi connectivity index (χ3n) is 6.86. The first-order chi connectivity index (χ1) is 15.2. The Labute approximate surface area is 181 Å². The van der Waals surface area contributed by atoms with Crippen molar-refractivity contribution in [3.05, 3.63) is 40.9 Å². The van der Waals surface area contributed by atoms with E-state index < -0.39 is 0 Å². The fourth-order valence-corrected chi connectivity index (χ4v) is 5.15. The zero-order valence-electron chi connectivity index (χ0n) is 17.9. The number of rotatable bonds is 5. The number of para-hydroxylation sites is 1. The maximum atomic E-state index is 12.8. The lowest BCUT2D eigenvalue weighted by molar-refractivity contribution is -0.122. The van der Waals surface area contributed by atoms with E-state index >= 15 is 0 Å². The highest BCUT2D eigenvalue weighted by atomic mass is 16.3. The van der Waals surface area contributed by atoms with Crippen LogP contribution in [0.5, 0.6) is 0 Å². The molecule has 7 heteroatoms. The van der Waals surface area contributed by atoms with Crippen LogP contribution >= 0.6 is 0 Å². The standard InChI is InChI=1S/C24H30N4O3/c29-21(26-18-10-12-27(13-11-18)14-17-6-2-1-3-7-17)15-28-16-25-22-19-8-4-5-9-20(19)31-23(22)24(28)30/h4-5,8-9,16-18H,1-3,6-7,10-15H2,(H,26,29). The highest BCUT2D eigenvalue weighted by molar-refractivity contribution is 6.01. The molecule has 0 atom stereocenters. The molecule has 164 valence electrons. The third-order valence-corrected chi connectivity index (χ3v) is 6.86. The number of carbonyl (C=O) groups excluding carboxylic acids is 1. The van der Waals surface area contributed by atoms with Gasteiger partial charge in [-0.05, 0) is 43.7 Å². The Morgan fingerprint density at radius 3 is 2.68 bits per heavy atom. The molecule has 2 fully saturated rings. The molecule has 0 radical (unpaired) electrons. The van der Waals surface area contributed by atoms with Crippen molar-refractivity contribution in [2.75, 3.05) is 19.6 Å². The zero-order valence-corrected chi connectivity index (χ0v) is 17.9. The molecule has 1 N–H and O–H groups in total. The molecular weight excluding hydrogens is 392 g/mol. The summed E-state index contributed by atoms with van der Waals surface area (Å²) in [7, 11) is 0. The van der Waals surface area contributed by atoms with Gasteiger partial charge < -0.3 is 14.6 Å². The van der Waals surface area contributed by atoms with Crippen LogP contribution in [-0.4, -0.2) is 46.0 Å². The van der Waals surface area contributed by atoms with Crippen LogP contribution in [0.3, 0.4) is 0 Å². The topological polar surface area (TPSA) is 80.4 Å². The van der Waals surface area contributed by atoms with Gasteiger partial charge in [0.25, 0.3) is 5.56 Å². The molecule has 7 nitrogen and oxygen atoms in total. The summed E-state index contributed by atoms with van der Waals surface area (Å²) in [6.45, 7) is 3.24. The molecule has 0 bridgehead atoms. The number of fused-ring (bicyclic) bond motifs is 3. The molecule has 1 aromatic carbocycles. The van der Waals surface area contributed by atoms with Crippen molar-refractivity contribution in [1.29, 1.82) is 0 Å². The Morgan fingerprint density at radius 2 is 1.87 bits per heavy atom. The van der Waals surface area contributed by atoms with E-state index in [2.05, 4.69) is 15.2 Å².